The maximum absolute atomic E-state index is 11.5. The van der Waals surface area contributed by atoms with Gasteiger partial charge in [0.1, 0.15) is 11.5 Å². The molecule has 0 aliphatic rings. The first-order valence-electron chi connectivity index (χ1n) is 4.78. The molecule has 1 atom stereocenters. The van der Waals surface area contributed by atoms with Crippen LogP contribution in [-0.4, -0.2) is 49.6 Å². The van der Waals surface area contributed by atoms with Gasteiger partial charge in [-0.2, -0.15) is 5.10 Å². The number of anilines is 1. The van der Waals surface area contributed by atoms with Crippen LogP contribution in [0.5, 0.6) is 0 Å². The minimum absolute atomic E-state index is 0.172. The molecule has 1 aromatic rings. The predicted molar refractivity (Wildman–Crippen MR) is 58.0 cm³/mol. The average Bonchev–Trinajstić information content (AvgIpc) is 2.70. The first-order chi connectivity index (χ1) is 7.67. The molecule has 90 valence electrons. The number of nitrogens with zero attached hydrogens (tertiary/aromatic N) is 1. The van der Waals surface area contributed by atoms with Crippen molar-refractivity contribution < 1.29 is 14.3 Å². The molecule has 0 saturated carbocycles. The van der Waals surface area contributed by atoms with E-state index in [1.807, 2.05) is 0 Å². The van der Waals surface area contributed by atoms with Crippen molar-refractivity contribution in [1.29, 1.82) is 0 Å². The molecule has 7 heteroatoms. The lowest BCUT2D eigenvalue weighted by atomic mass is 10.3. The van der Waals surface area contributed by atoms with Crippen LogP contribution in [0, 0.1) is 0 Å². The molecule has 0 spiro atoms. The van der Waals surface area contributed by atoms with Crippen LogP contribution in [0.25, 0.3) is 0 Å². The van der Waals surface area contributed by atoms with Crippen LogP contribution in [-0.2, 0) is 9.47 Å². The second-order valence-corrected chi connectivity index (χ2v) is 3.23. The first-order valence-corrected chi connectivity index (χ1v) is 4.78. The van der Waals surface area contributed by atoms with Gasteiger partial charge < -0.3 is 20.5 Å². The van der Waals surface area contributed by atoms with Crippen LogP contribution in [0.15, 0.2) is 6.07 Å². The van der Waals surface area contributed by atoms with Crippen molar-refractivity contribution >= 4 is 11.7 Å². The molecule has 1 heterocycles. The zero-order valence-electron chi connectivity index (χ0n) is 9.32. The molecule has 0 bridgehead atoms. The monoisotopic (exact) mass is 228 g/mol. The molecule has 1 unspecified atom stereocenters. The number of hydrogen-bond donors (Lipinski definition) is 3. The van der Waals surface area contributed by atoms with E-state index in [9.17, 15) is 4.79 Å². The Morgan fingerprint density at radius 3 is 2.94 bits per heavy atom. The van der Waals surface area contributed by atoms with Gasteiger partial charge in [0.05, 0.1) is 12.7 Å². The Hall–Kier alpha value is -1.60. The lowest BCUT2D eigenvalue weighted by molar-refractivity contribution is 0.0285. The highest BCUT2D eigenvalue weighted by atomic mass is 16.5. The van der Waals surface area contributed by atoms with E-state index in [0.29, 0.717) is 18.8 Å². The fourth-order valence-electron chi connectivity index (χ4n) is 1.15. The molecule has 1 rings (SSSR count). The predicted octanol–water partition coefficient (Wildman–Crippen LogP) is -0.617. The summed E-state index contributed by atoms with van der Waals surface area (Å²) in [5.74, 6) is 0.00712. The lowest BCUT2D eigenvalue weighted by Gasteiger charge is -2.14. The summed E-state index contributed by atoms with van der Waals surface area (Å²) in [6, 6.07) is 1.47. The van der Waals surface area contributed by atoms with Gasteiger partial charge in [0.15, 0.2) is 0 Å². The van der Waals surface area contributed by atoms with Gasteiger partial charge in [-0.25, -0.2) is 0 Å². The van der Waals surface area contributed by atoms with Crippen LogP contribution in [0.3, 0.4) is 0 Å². The summed E-state index contributed by atoms with van der Waals surface area (Å²) < 4.78 is 10.0. The summed E-state index contributed by atoms with van der Waals surface area (Å²) in [6.07, 6.45) is -0.172. The Morgan fingerprint density at radius 1 is 1.69 bits per heavy atom. The van der Waals surface area contributed by atoms with Crippen LogP contribution < -0.4 is 11.1 Å². The largest absolute Gasteiger partial charge is 0.382 e. The van der Waals surface area contributed by atoms with Crippen LogP contribution in [0.4, 0.5) is 5.82 Å². The van der Waals surface area contributed by atoms with E-state index in [-0.39, 0.29) is 17.8 Å². The molecule has 0 fully saturated rings. The van der Waals surface area contributed by atoms with Gasteiger partial charge in [-0.05, 0) is 0 Å². The average molecular weight is 228 g/mol. The van der Waals surface area contributed by atoms with Gasteiger partial charge in [0.25, 0.3) is 5.91 Å². The van der Waals surface area contributed by atoms with Gasteiger partial charge >= 0.3 is 0 Å². The topological polar surface area (TPSA) is 102 Å². The Bertz CT molecular complexity index is 339. The summed E-state index contributed by atoms with van der Waals surface area (Å²) in [6.45, 7) is 0.782. The highest BCUT2D eigenvalue weighted by molar-refractivity contribution is 5.92. The molecule has 0 aliphatic carbocycles. The number of rotatable bonds is 6. The Labute approximate surface area is 93.3 Å². The quantitative estimate of drug-likeness (QED) is 0.602. The number of nitrogens with two attached hydrogens (primary N) is 1. The van der Waals surface area contributed by atoms with Crippen molar-refractivity contribution in [1.82, 2.24) is 15.5 Å². The van der Waals surface area contributed by atoms with E-state index in [1.165, 1.54) is 6.07 Å². The van der Waals surface area contributed by atoms with E-state index < -0.39 is 0 Å². The summed E-state index contributed by atoms with van der Waals surface area (Å²) in [5.41, 5.74) is 5.70. The molecule has 7 nitrogen and oxygen atoms in total. The van der Waals surface area contributed by atoms with Crippen LogP contribution >= 0.6 is 0 Å². The van der Waals surface area contributed by atoms with Gasteiger partial charge in [0.2, 0.25) is 0 Å². The molecular formula is C9H16N4O3. The van der Waals surface area contributed by atoms with E-state index in [2.05, 4.69) is 15.5 Å². The van der Waals surface area contributed by atoms with Gasteiger partial charge in [-0.15, -0.1) is 0 Å². The molecular weight excluding hydrogens is 212 g/mol. The second kappa shape index (κ2) is 6.09. The Balaban J connectivity index is 2.40. The summed E-state index contributed by atoms with van der Waals surface area (Å²) >= 11 is 0. The number of ether oxygens (including phenoxy) is 2. The Kier molecular flexibility index (Phi) is 4.74. The second-order valence-electron chi connectivity index (χ2n) is 3.23. The number of methoxy groups -OCH3 is 2. The van der Waals surface area contributed by atoms with Gasteiger partial charge in [-0.1, -0.05) is 0 Å². The number of aromatic amines is 1. The third-order valence-electron chi connectivity index (χ3n) is 2.02. The molecule has 1 amide bonds. The fourth-order valence-corrected chi connectivity index (χ4v) is 1.15. The normalized spacial score (nSPS) is 12.4. The number of nitrogen functional groups attached to an aromatic ring is 1. The first kappa shape index (κ1) is 12.5. The zero-order chi connectivity index (χ0) is 12.0. The van der Waals surface area contributed by atoms with E-state index in [1.54, 1.807) is 14.2 Å². The number of carbonyl (C=O) groups is 1. The maximum atomic E-state index is 11.5. The van der Waals surface area contributed by atoms with Crippen LogP contribution in [0.1, 0.15) is 10.5 Å². The van der Waals surface area contributed by atoms with Crippen molar-refractivity contribution in [2.75, 3.05) is 33.1 Å². The molecule has 0 saturated heterocycles. The van der Waals surface area contributed by atoms with Gasteiger partial charge in [-0.3, -0.25) is 9.89 Å². The molecule has 16 heavy (non-hydrogen) atoms. The van der Waals surface area contributed by atoms with Crippen molar-refractivity contribution in [2.24, 2.45) is 0 Å². The number of nitrogens with one attached hydrogen (secondary N) is 2. The third kappa shape index (κ3) is 3.52. The number of aromatic nitrogens is 2. The summed E-state index contributed by atoms with van der Waals surface area (Å²) in [7, 11) is 3.13. The smallest absolute Gasteiger partial charge is 0.269 e. The number of amides is 1. The lowest BCUT2D eigenvalue weighted by Crippen LogP contribution is -2.35. The minimum atomic E-state index is -0.276. The van der Waals surface area contributed by atoms with Crippen LogP contribution in [0.2, 0.25) is 0 Å². The molecule has 0 aromatic carbocycles. The zero-order valence-corrected chi connectivity index (χ0v) is 9.32. The van der Waals surface area contributed by atoms with Crippen molar-refractivity contribution in [3.8, 4) is 0 Å². The number of H-pyrrole nitrogens is 1. The number of hydrogen-bond acceptors (Lipinski definition) is 5. The van der Waals surface area contributed by atoms with E-state index >= 15 is 0 Å². The van der Waals surface area contributed by atoms with Crippen molar-refractivity contribution in [2.45, 2.75) is 6.10 Å². The highest BCUT2D eigenvalue weighted by Gasteiger charge is 2.12. The fraction of sp³-hybridized carbons (Fsp3) is 0.556. The third-order valence-corrected chi connectivity index (χ3v) is 2.02. The van der Waals surface area contributed by atoms with Crippen molar-refractivity contribution in [3.63, 3.8) is 0 Å². The molecule has 1 aromatic heterocycles. The molecule has 4 N–H and O–H groups in total. The highest BCUT2D eigenvalue weighted by Crippen LogP contribution is 2.00. The minimum Gasteiger partial charge on any atom is -0.382 e. The maximum Gasteiger partial charge on any atom is 0.269 e. The SMILES string of the molecule is COCC(CNC(=O)c1cc(N)n[nH]1)OC. The summed E-state index contributed by atoms with van der Waals surface area (Å²) in [5, 5.41) is 8.85. The number of carbonyl (C=O) groups excluding carboxylic acids is 1. The molecule has 0 aliphatic heterocycles. The standard InChI is InChI=1S/C9H16N4O3/c1-15-5-6(16-2)4-11-9(14)7-3-8(10)13-12-7/h3,6H,4-5H2,1-2H3,(H,11,14)(H3,10,12,13). The van der Waals surface area contributed by atoms with Gasteiger partial charge in [0, 0.05) is 26.8 Å². The summed E-state index contributed by atoms with van der Waals surface area (Å²) in [4.78, 5) is 11.5. The van der Waals surface area contributed by atoms with E-state index in [4.69, 9.17) is 15.2 Å². The van der Waals surface area contributed by atoms with Crippen molar-refractivity contribution in [3.05, 3.63) is 11.8 Å². The Morgan fingerprint density at radius 2 is 2.44 bits per heavy atom. The molecule has 0 radical (unpaired) electrons. The van der Waals surface area contributed by atoms with E-state index in [0.717, 1.165) is 0 Å².